The van der Waals surface area contributed by atoms with Crippen molar-refractivity contribution in [3.63, 3.8) is 0 Å². The first-order chi connectivity index (χ1) is 8.92. The van der Waals surface area contributed by atoms with Crippen molar-refractivity contribution < 1.29 is 18.4 Å². The molecule has 8 heteroatoms. The minimum Gasteiger partial charge on any atom is -0.409 e. The van der Waals surface area contributed by atoms with Gasteiger partial charge in [0.1, 0.15) is 5.69 Å². The zero-order valence-electron chi connectivity index (χ0n) is 10.1. The number of hydrogen-bond donors (Lipinski definition) is 3. The highest BCUT2D eigenvalue weighted by atomic mass is 19.4. The third-order valence-electron chi connectivity index (χ3n) is 2.34. The number of nitrogens with zero attached hydrogens (tertiary/aromatic N) is 2. The minimum absolute atomic E-state index is 0.0294. The predicted octanol–water partition coefficient (Wildman–Crippen LogP) is 1.61. The summed E-state index contributed by atoms with van der Waals surface area (Å²) in [5, 5.41) is 14.2. The Balaban J connectivity index is 2.38. The van der Waals surface area contributed by atoms with Crippen LogP contribution in [-0.4, -0.2) is 28.7 Å². The summed E-state index contributed by atoms with van der Waals surface area (Å²) in [7, 11) is 0. The summed E-state index contributed by atoms with van der Waals surface area (Å²) >= 11 is 0. The summed E-state index contributed by atoms with van der Waals surface area (Å²) in [5.74, 6) is -0.112. The van der Waals surface area contributed by atoms with Gasteiger partial charge >= 0.3 is 6.18 Å². The van der Waals surface area contributed by atoms with E-state index in [9.17, 15) is 13.2 Å². The summed E-state index contributed by atoms with van der Waals surface area (Å²) in [4.78, 5) is 3.89. The molecule has 19 heavy (non-hydrogen) atoms. The van der Waals surface area contributed by atoms with Crippen molar-refractivity contribution in [2.45, 2.75) is 25.6 Å². The molecule has 0 atom stereocenters. The van der Waals surface area contributed by atoms with Gasteiger partial charge in [0.25, 0.3) is 0 Å². The number of nitrogens with one attached hydrogen (secondary N) is 1. The number of alkyl halides is 3. The number of rotatable bonds is 6. The normalized spacial score (nSPS) is 12.7. The van der Waals surface area contributed by atoms with E-state index >= 15 is 0 Å². The largest absolute Gasteiger partial charge is 0.409 e. The number of oxime groups is 1. The second-order valence-electron chi connectivity index (χ2n) is 3.93. The molecule has 0 aliphatic carbocycles. The van der Waals surface area contributed by atoms with Crippen LogP contribution in [0.4, 0.5) is 13.2 Å². The van der Waals surface area contributed by atoms with Crippen LogP contribution in [0.2, 0.25) is 0 Å². The summed E-state index contributed by atoms with van der Waals surface area (Å²) in [6, 6.07) is 3.30. The van der Waals surface area contributed by atoms with Gasteiger partial charge in [-0.05, 0) is 30.7 Å². The SMILES string of the molecule is N/C(=N/O)c1cc(CNCCCC(F)(F)F)ccn1. The standard InChI is InChI=1S/C11H15F3N4O/c12-11(13,14)3-1-4-16-7-8-2-5-17-9(6-8)10(15)18-19/h2,5-6,16,19H,1,3-4,7H2,(H2,15,18). The molecule has 0 aliphatic heterocycles. The quantitative estimate of drug-likeness (QED) is 0.242. The average Bonchev–Trinajstić information content (AvgIpc) is 2.36. The maximum Gasteiger partial charge on any atom is 0.389 e. The molecule has 0 spiro atoms. The molecule has 0 radical (unpaired) electrons. The van der Waals surface area contributed by atoms with Crippen LogP contribution in [0.5, 0.6) is 0 Å². The Morgan fingerprint density at radius 3 is 2.84 bits per heavy atom. The number of amidine groups is 1. The zero-order valence-corrected chi connectivity index (χ0v) is 10.1. The van der Waals surface area contributed by atoms with Crippen molar-refractivity contribution >= 4 is 5.84 Å². The van der Waals surface area contributed by atoms with Gasteiger partial charge in [0.2, 0.25) is 0 Å². The van der Waals surface area contributed by atoms with Gasteiger partial charge in [-0.3, -0.25) is 4.98 Å². The Morgan fingerprint density at radius 2 is 2.21 bits per heavy atom. The maximum atomic E-state index is 11.9. The summed E-state index contributed by atoms with van der Waals surface area (Å²) in [6.07, 6.45) is -3.40. The lowest BCUT2D eigenvalue weighted by atomic mass is 10.2. The molecule has 1 rings (SSSR count). The second kappa shape index (κ2) is 6.93. The topological polar surface area (TPSA) is 83.5 Å². The first kappa shape index (κ1) is 15.2. The molecule has 0 aliphatic rings. The summed E-state index contributed by atoms with van der Waals surface area (Å²) < 4.78 is 35.7. The third-order valence-corrected chi connectivity index (χ3v) is 2.34. The number of hydrogen-bond acceptors (Lipinski definition) is 4. The lowest BCUT2D eigenvalue weighted by Gasteiger charge is -2.08. The molecule has 0 unspecified atom stereocenters. The van der Waals surface area contributed by atoms with E-state index in [1.54, 1.807) is 12.1 Å². The summed E-state index contributed by atoms with van der Waals surface area (Å²) in [6.45, 7) is 0.660. The van der Waals surface area contributed by atoms with Gasteiger partial charge in [-0.15, -0.1) is 0 Å². The van der Waals surface area contributed by atoms with Crippen LogP contribution in [0.3, 0.4) is 0 Å². The number of pyridine rings is 1. The molecule has 0 saturated carbocycles. The lowest BCUT2D eigenvalue weighted by Crippen LogP contribution is -2.19. The van der Waals surface area contributed by atoms with Crippen LogP contribution >= 0.6 is 0 Å². The highest BCUT2D eigenvalue weighted by Crippen LogP contribution is 2.20. The molecule has 1 heterocycles. The van der Waals surface area contributed by atoms with Gasteiger partial charge in [-0.25, -0.2) is 0 Å². The van der Waals surface area contributed by atoms with E-state index in [0.717, 1.165) is 5.56 Å². The zero-order chi connectivity index (χ0) is 14.3. The van der Waals surface area contributed by atoms with Crippen LogP contribution in [0, 0.1) is 0 Å². The van der Waals surface area contributed by atoms with Crippen molar-refractivity contribution in [2.75, 3.05) is 6.54 Å². The lowest BCUT2D eigenvalue weighted by molar-refractivity contribution is -0.135. The van der Waals surface area contributed by atoms with Crippen molar-refractivity contribution in [2.24, 2.45) is 10.9 Å². The Kier molecular flexibility index (Phi) is 5.56. The number of aromatic nitrogens is 1. The fourth-order valence-corrected chi connectivity index (χ4v) is 1.42. The van der Waals surface area contributed by atoms with Crippen LogP contribution in [0.1, 0.15) is 24.1 Å². The minimum atomic E-state index is -4.11. The van der Waals surface area contributed by atoms with E-state index in [-0.39, 0.29) is 18.8 Å². The van der Waals surface area contributed by atoms with Crippen molar-refractivity contribution in [3.05, 3.63) is 29.6 Å². The monoisotopic (exact) mass is 276 g/mol. The third kappa shape index (κ3) is 6.05. The average molecular weight is 276 g/mol. The molecule has 0 aromatic carbocycles. The molecule has 106 valence electrons. The highest BCUT2D eigenvalue weighted by Gasteiger charge is 2.25. The molecule has 1 aromatic heterocycles. The van der Waals surface area contributed by atoms with Crippen molar-refractivity contribution in [1.29, 1.82) is 0 Å². The first-order valence-electron chi connectivity index (χ1n) is 5.62. The first-order valence-corrected chi connectivity index (χ1v) is 5.62. The molecule has 4 N–H and O–H groups in total. The van der Waals surface area contributed by atoms with E-state index in [4.69, 9.17) is 10.9 Å². The molecular formula is C11H15F3N4O. The Morgan fingerprint density at radius 1 is 1.47 bits per heavy atom. The van der Waals surface area contributed by atoms with E-state index in [1.165, 1.54) is 6.20 Å². The molecule has 0 saturated heterocycles. The van der Waals surface area contributed by atoms with Crippen LogP contribution in [-0.2, 0) is 6.54 Å². The van der Waals surface area contributed by atoms with Gasteiger partial charge in [0.15, 0.2) is 5.84 Å². The number of halogens is 3. The van der Waals surface area contributed by atoms with Gasteiger partial charge in [-0.1, -0.05) is 5.16 Å². The van der Waals surface area contributed by atoms with E-state index in [0.29, 0.717) is 12.2 Å². The van der Waals surface area contributed by atoms with Gasteiger partial charge in [0, 0.05) is 19.2 Å². The Bertz CT molecular complexity index is 434. The molecule has 0 fully saturated rings. The Labute approximate surface area is 108 Å². The van der Waals surface area contributed by atoms with Gasteiger partial charge < -0.3 is 16.3 Å². The summed E-state index contributed by atoms with van der Waals surface area (Å²) in [5.41, 5.74) is 6.49. The van der Waals surface area contributed by atoms with Gasteiger partial charge in [0.05, 0.1) is 0 Å². The smallest absolute Gasteiger partial charge is 0.389 e. The highest BCUT2D eigenvalue weighted by molar-refractivity contribution is 5.95. The second-order valence-corrected chi connectivity index (χ2v) is 3.93. The van der Waals surface area contributed by atoms with Crippen LogP contribution in [0.15, 0.2) is 23.5 Å². The fourth-order valence-electron chi connectivity index (χ4n) is 1.42. The molecular weight excluding hydrogens is 261 g/mol. The predicted molar refractivity (Wildman–Crippen MR) is 63.7 cm³/mol. The number of nitrogens with two attached hydrogens (primary N) is 1. The van der Waals surface area contributed by atoms with Crippen LogP contribution < -0.4 is 11.1 Å². The van der Waals surface area contributed by atoms with E-state index < -0.39 is 12.6 Å². The fraction of sp³-hybridized carbons (Fsp3) is 0.455. The van der Waals surface area contributed by atoms with E-state index in [2.05, 4.69) is 15.5 Å². The van der Waals surface area contributed by atoms with E-state index in [1.807, 2.05) is 0 Å². The van der Waals surface area contributed by atoms with Crippen LogP contribution in [0.25, 0.3) is 0 Å². The maximum absolute atomic E-state index is 11.9. The molecule has 0 bridgehead atoms. The van der Waals surface area contributed by atoms with Gasteiger partial charge in [-0.2, -0.15) is 13.2 Å². The molecule has 0 amide bonds. The van der Waals surface area contributed by atoms with Crippen molar-refractivity contribution in [3.8, 4) is 0 Å². The Hall–Kier alpha value is -1.83. The molecule has 1 aromatic rings. The molecule has 5 nitrogen and oxygen atoms in total. The van der Waals surface area contributed by atoms with Crippen molar-refractivity contribution in [1.82, 2.24) is 10.3 Å².